The standard InChI is InChI=1S/C19H22FN5O2S/c1-14-11-18(24-15(2)23-14)22-13-19(20)7-9-25(10-8-19)28(26,27)17-5-3-16(12-21)4-6-17/h3-6,11H,7-10,13H2,1-2H3,(H,22,23,24). The minimum Gasteiger partial charge on any atom is -0.367 e. The Labute approximate surface area is 164 Å². The van der Waals surface area contributed by atoms with Crippen molar-refractivity contribution in [2.75, 3.05) is 25.0 Å². The van der Waals surface area contributed by atoms with Crippen LogP contribution in [0, 0.1) is 25.2 Å². The minimum absolute atomic E-state index is 0.0631. The molecule has 0 spiro atoms. The molecule has 1 saturated heterocycles. The smallest absolute Gasteiger partial charge is 0.243 e. The number of aryl methyl sites for hydroxylation is 2. The lowest BCUT2D eigenvalue weighted by Gasteiger charge is -2.35. The zero-order valence-electron chi connectivity index (χ0n) is 15.8. The molecule has 0 radical (unpaired) electrons. The van der Waals surface area contributed by atoms with Crippen LogP contribution < -0.4 is 5.32 Å². The number of nitrogens with zero attached hydrogens (tertiary/aromatic N) is 4. The summed E-state index contributed by atoms with van der Waals surface area (Å²) in [5, 5.41) is 11.8. The van der Waals surface area contributed by atoms with E-state index in [1.807, 2.05) is 13.0 Å². The van der Waals surface area contributed by atoms with E-state index in [1.165, 1.54) is 28.6 Å². The maximum atomic E-state index is 15.2. The summed E-state index contributed by atoms with van der Waals surface area (Å²) in [5.74, 6) is 1.17. The molecule has 0 saturated carbocycles. The van der Waals surface area contributed by atoms with Gasteiger partial charge >= 0.3 is 0 Å². The lowest BCUT2D eigenvalue weighted by atomic mass is 9.94. The third-order valence-corrected chi connectivity index (χ3v) is 6.70. The van der Waals surface area contributed by atoms with E-state index in [2.05, 4.69) is 15.3 Å². The van der Waals surface area contributed by atoms with E-state index < -0.39 is 15.7 Å². The first-order chi connectivity index (χ1) is 13.2. The van der Waals surface area contributed by atoms with E-state index in [0.717, 1.165) is 5.69 Å². The van der Waals surface area contributed by atoms with Crippen LogP contribution in [0.5, 0.6) is 0 Å². The maximum Gasteiger partial charge on any atom is 0.243 e. The minimum atomic E-state index is -3.70. The molecule has 9 heteroatoms. The number of piperidine rings is 1. The fraction of sp³-hybridized carbons (Fsp3) is 0.421. The monoisotopic (exact) mass is 403 g/mol. The molecule has 0 atom stereocenters. The number of sulfonamides is 1. The number of nitriles is 1. The Bertz CT molecular complexity index is 974. The van der Waals surface area contributed by atoms with Crippen molar-refractivity contribution < 1.29 is 12.8 Å². The van der Waals surface area contributed by atoms with Crippen molar-refractivity contribution in [2.45, 2.75) is 37.3 Å². The molecule has 1 aromatic carbocycles. The quantitative estimate of drug-likeness (QED) is 0.824. The first-order valence-corrected chi connectivity index (χ1v) is 10.4. The lowest BCUT2D eigenvalue weighted by molar-refractivity contribution is 0.102. The molecular weight excluding hydrogens is 381 g/mol. The van der Waals surface area contributed by atoms with Crippen LogP contribution in [0.1, 0.15) is 29.9 Å². The Morgan fingerprint density at radius 2 is 1.86 bits per heavy atom. The molecule has 2 aromatic rings. The summed E-state index contributed by atoms with van der Waals surface area (Å²) in [7, 11) is -3.70. The van der Waals surface area contributed by atoms with E-state index in [1.54, 1.807) is 13.0 Å². The van der Waals surface area contributed by atoms with Gasteiger partial charge in [-0.2, -0.15) is 9.57 Å². The first-order valence-electron chi connectivity index (χ1n) is 8.97. The highest BCUT2D eigenvalue weighted by molar-refractivity contribution is 7.89. The summed E-state index contributed by atoms with van der Waals surface area (Å²) >= 11 is 0. The van der Waals surface area contributed by atoms with E-state index in [0.29, 0.717) is 17.2 Å². The molecule has 28 heavy (non-hydrogen) atoms. The third-order valence-electron chi connectivity index (χ3n) is 4.79. The summed E-state index contributed by atoms with van der Waals surface area (Å²) in [6.45, 7) is 3.88. The van der Waals surface area contributed by atoms with Crippen molar-refractivity contribution in [1.82, 2.24) is 14.3 Å². The fourth-order valence-corrected chi connectivity index (χ4v) is 4.65. The number of alkyl halides is 1. The summed E-state index contributed by atoms with van der Waals surface area (Å²) < 4.78 is 41.9. The Morgan fingerprint density at radius 3 is 2.43 bits per heavy atom. The van der Waals surface area contributed by atoms with Crippen LogP contribution in [0.3, 0.4) is 0 Å². The van der Waals surface area contributed by atoms with Crippen LogP contribution in [-0.2, 0) is 10.0 Å². The number of rotatable bonds is 5. The number of nitrogens with one attached hydrogen (secondary N) is 1. The van der Waals surface area contributed by atoms with Gasteiger partial charge in [0.2, 0.25) is 10.0 Å². The number of halogens is 1. The molecule has 0 bridgehead atoms. The Kier molecular flexibility index (Phi) is 5.63. The van der Waals surface area contributed by atoms with Crippen LogP contribution in [-0.4, -0.2) is 48.0 Å². The molecule has 7 nitrogen and oxygen atoms in total. The average Bonchev–Trinajstić information content (AvgIpc) is 2.66. The van der Waals surface area contributed by atoms with Crippen LogP contribution in [0.15, 0.2) is 35.2 Å². The summed E-state index contributed by atoms with van der Waals surface area (Å²) in [6.07, 6.45) is 0.192. The Balaban J connectivity index is 1.63. The number of hydrogen-bond donors (Lipinski definition) is 1. The molecule has 1 aliphatic heterocycles. The van der Waals surface area contributed by atoms with Gasteiger partial charge in [-0.3, -0.25) is 0 Å². The van der Waals surface area contributed by atoms with Crippen molar-refractivity contribution >= 4 is 15.8 Å². The highest BCUT2D eigenvalue weighted by atomic mass is 32.2. The maximum absolute atomic E-state index is 15.2. The molecular formula is C19H22FN5O2S. The van der Waals surface area contributed by atoms with Gasteiger partial charge in [0, 0.05) is 24.8 Å². The SMILES string of the molecule is Cc1cc(NCC2(F)CCN(S(=O)(=O)c3ccc(C#N)cc3)CC2)nc(C)n1. The average molecular weight is 403 g/mol. The van der Waals surface area contributed by atoms with Crippen LogP contribution in [0.2, 0.25) is 0 Å². The fourth-order valence-electron chi connectivity index (χ4n) is 3.21. The zero-order valence-corrected chi connectivity index (χ0v) is 16.6. The number of hydrogen-bond acceptors (Lipinski definition) is 6. The van der Waals surface area contributed by atoms with Gasteiger partial charge in [0.05, 0.1) is 23.1 Å². The zero-order chi connectivity index (χ0) is 20.4. The van der Waals surface area contributed by atoms with E-state index in [-0.39, 0.29) is 37.4 Å². The Hall–Kier alpha value is -2.57. The van der Waals surface area contributed by atoms with E-state index >= 15 is 4.39 Å². The normalized spacial score (nSPS) is 17.1. The molecule has 1 aromatic heterocycles. The largest absolute Gasteiger partial charge is 0.367 e. The molecule has 0 aliphatic carbocycles. The van der Waals surface area contributed by atoms with Gasteiger partial charge in [-0.25, -0.2) is 22.8 Å². The molecule has 2 heterocycles. The van der Waals surface area contributed by atoms with Crippen LogP contribution in [0.4, 0.5) is 10.2 Å². The van der Waals surface area contributed by atoms with Crippen molar-refractivity contribution in [3.8, 4) is 6.07 Å². The van der Waals surface area contributed by atoms with Gasteiger partial charge in [0.15, 0.2) is 0 Å². The van der Waals surface area contributed by atoms with Gasteiger partial charge in [0.1, 0.15) is 17.3 Å². The molecule has 0 amide bonds. The highest BCUT2D eigenvalue weighted by Crippen LogP contribution is 2.30. The molecule has 1 N–H and O–H groups in total. The second-order valence-corrected chi connectivity index (χ2v) is 8.92. The molecule has 1 aliphatic rings. The molecule has 3 rings (SSSR count). The summed E-state index contributed by atoms with van der Waals surface area (Å²) in [5.41, 5.74) is -0.323. The summed E-state index contributed by atoms with van der Waals surface area (Å²) in [4.78, 5) is 8.54. The summed E-state index contributed by atoms with van der Waals surface area (Å²) in [6, 6.07) is 9.45. The second kappa shape index (κ2) is 7.81. The number of aromatic nitrogens is 2. The van der Waals surface area contributed by atoms with Crippen LogP contribution in [0.25, 0.3) is 0 Å². The predicted molar refractivity (Wildman–Crippen MR) is 103 cm³/mol. The number of anilines is 1. The van der Waals surface area contributed by atoms with Gasteiger partial charge in [0.25, 0.3) is 0 Å². The van der Waals surface area contributed by atoms with Crippen molar-refractivity contribution in [3.05, 3.63) is 47.4 Å². The predicted octanol–water partition coefficient (Wildman–Crippen LogP) is 2.57. The van der Waals surface area contributed by atoms with Crippen LogP contribution >= 0.6 is 0 Å². The Morgan fingerprint density at radius 1 is 1.21 bits per heavy atom. The van der Waals surface area contributed by atoms with Crippen molar-refractivity contribution in [2.24, 2.45) is 0 Å². The first kappa shape index (κ1) is 20.2. The molecule has 0 unspecified atom stereocenters. The number of benzene rings is 1. The topological polar surface area (TPSA) is 99.0 Å². The lowest BCUT2D eigenvalue weighted by Crippen LogP contribution is -2.47. The van der Waals surface area contributed by atoms with Gasteiger partial charge in [-0.15, -0.1) is 0 Å². The van der Waals surface area contributed by atoms with Crippen molar-refractivity contribution in [3.63, 3.8) is 0 Å². The highest BCUT2D eigenvalue weighted by Gasteiger charge is 2.38. The van der Waals surface area contributed by atoms with Crippen molar-refractivity contribution in [1.29, 1.82) is 5.26 Å². The molecule has 1 fully saturated rings. The van der Waals surface area contributed by atoms with E-state index in [4.69, 9.17) is 5.26 Å². The third kappa shape index (κ3) is 4.46. The van der Waals surface area contributed by atoms with Gasteiger partial charge in [-0.1, -0.05) is 0 Å². The van der Waals surface area contributed by atoms with E-state index in [9.17, 15) is 8.42 Å². The van der Waals surface area contributed by atoms with Gasteiger partial charge < -0.3 is 5.32 Å². The van der Waals surface area contributed by atoms with Gasteiger partial charge in [-0.05, 0) is 51.0 Å². The second-order valence-electron chi connectivity index (χ2n) is 6.99. The molecule has 148 valence electrons.